The monoisotopic (exact) mass is 314 g/mol. The predicted octanol–water partition coefficient (Wildman–Crippen LogP) is 4.65. The Morgan fingerprint density at radius 3 is 2.33 bits per heavy atom. The molecule has 0 saturated carbocycles. The largest absolute Gasteiger partial charge is 0.416 e. The number of benzene rings is 2. The number of hydrogen-bond acceptors (Lipinski definition) is 1. The van der Waals surface area contributed by atoms with Crippen molar-refractivity contribution in [1.82, 2.24) is 0 Å². The third-order valence-corrected chi connectivity index (χ3v) is 2.77. The number of thiocarbonyl (C=S) groups is 1. The lowest BCUT2D eigenvalue weighted by atomic mass is 10.2. The van der Waals surface area contributed by atoms with Crippen molar-refractivity contribution in [3.05, 3.63) is 59.9 Å². The summed E-state index contributed by atoms with van der Waals surface area (Å²) in [6, 6.07) is 10.4. The highest BCUT2D eigenvalue weighted by Crippen LogP contribution is 2.30. The molecule has 0 saturated heterocycles. The maximum Gasteiger partial charge on any atom is 0.416 e. The standard InChI is InChI=1S/C14H10F4N2S/c15-11-6-1-2-7-12(11)20-13(21)19-10-5-3-4-9(8-10)14(16,17)18/h1-8H,(H2,19,20,21). The fourth-order valence-electron chi connectivity index (χ4n) is 1.62. The van der Waals surface area contributed by atoms with E-state index in [0.717, 1.165) is 12.1 Å². The van der Waals surface area contributed by atoms with Crippen LogP contribution in [0.5, 0.6) is 0 Å². The number of alkyl halides is 3. The molecule has 2 aromatic rings. The van der Waals surface area contributed by atoms with Crippen molar-refractivity contribution < 1.29 is 17.6 Å². The summed E-state index contributed by atoms with van der Waals surface area (Å²) in [4.78, 5) is 0. The molecule has 0 amide bonds. The lowest BCUT2D eigenvalue weighted by molar-refractivity contribution is -0.137. The van der Waals surface area contributed by atoms with Crippen LogP contribution in [-0.4, -0.2) is 5.11 Å². The maximum absolute atomic E-state index is 13.4. The van der Waals surface area contributed by atoms with Gasteiger partial charge in [0.25, 0.3) is 0 Å². The molecule has 2 aromatic carbocycles. The molecule has 2 nitrogen and oxygen atoms in total. The Kier molecular flexibility index (Phi) is 4.42. The smallest absolute Gasteiger partial charge is 0.332 e. The average Bonchev–Trinajstić information content (AvgIpc) is 2.41. The summed E-state index contributed by atoms with van der Waals surface area (Å²) in [6.07, 6.45) is -4.43. The molecule has 0 fully saturated rings. The third kappa shape index (κ3) is 4.16. The number of halogens is 4. The first-order valence-corrected chi connectivity index (χ1v) is 6.27. The van der Waals surface area contributed by atoms with E-state index in [4.69, 9.17) is 12.2 Å². The molecule has 2 rings (SSSR count). The molecule has 7 heteroatoms. The van der Waals surface area contributed by atoms with Gasteiger partial charge in [0.1, 0.15) is 5.82 Å². The zero-order chi connectivity index (χ0) is 15.5. The zero-order valence-electron chi connectivity index (χ0n) is 10.5. The van der Waals surface area contributed by atoms with E-state index < -0.39 is 17.6 Å². The summed E-state index contributed by atoms with van der Waals surface area (Å²) in [6.45, 7) is 0. The first-order chi connectivity index (χ1) is 9.86. The summed E-state index contributed by atoms with van der Waals surface area (Å²) in [5, 5.41) is 5.16. The number of anilines is 2. The molecule has 0 spiro atoms. The first-order valence-electron chi connectivity index (χ1n) is 5.86. The molecule has 0 aliphatic rings. The van der Waals surface area contributed by atoms with Crippen molar-refractivity contribution in [3.63, 3.8) is 0 Å². The number of rotatable bonds is 2. The van der Waals surface area contributed by atoms with Crippen LogP contribution in [0.2, 0.25) is 0 Å². The fraction of sp³-hybridized carbons (Fsp3) is 0.0714. The van der Waals surface area contributed by atoms with Gasteiger partial charge in [0.15, 0.2) is 5.11 Å². The van der Waals surface area contributed by atoms with Crippen molar-refractivity contribution >= 4 is 28.7 Å². The van der Waals surface area contributed by atoms with E-state index in [1.807, 2.05) is 0 Å². The van der Waals surface area contributed by atoms with Crippen LogP contribution in [0.4, 0.5) is 28.9 Å². The van der Waals surface area contributed by atoms with Gasteiger partial charge in [-0.2, -0.15) is 13.2 Å². The molecule has 110 valence electrons. The summed E-state index contributed by atoms with van der Waals surface area (Å²) in [7, 11) is 0. The third-order valence-electron chi connectivity index (χ3n) is 2.57. The lowest BCUT2D eigenvalue weighted by Crippen LogP contribution is -2.20. The van der Waals surface area contributed by atoms with Gasteiger partial charge in [0, 0.05) is 5.69 Å². The van der Waals surface area contributed by atoms with E-state index in [9.17, 15) is 17.6 Å². The van der Waals surface area contributed by atoms with Crippen LogP contribution in [-0.2, 0) is 6.18 Å². The highest BCUT2D eigenvalue weighted by molar-refractivity contribution is 7.80. The summed E-state index contributed by atoms with van der Waals surface area (Å²) in [5.41, 5.74) is -0.484. The number of hydrogen-bond donors (Lipinski definition) is 2. The van der Waals surface area contributed by atoms with E-state index in [2.05, 4.69) is 10.6 Å². The molecular weight excluding hydrogens is 304 g/mol. The molecule has 0 aliphatic heterocycles. The second kappa shape index (κ2) is 6.09. The van der Waals surface area contributed by atoms with Crippen LogP contribution in [0, 0.1) is 5.82 Å². The summed E-state index contributed by atoms with van der Waals surface area (Å²) >= 11 is 4.94. The van der Waals surface area contributed by atoms with E-state index in [1.165, 1.54) is 30.3 Å². The van der Waals surface area contributed by atoms with Gasteiger partial charge < -0.3 is 10.6 Å². The topological polar surface area (TPSA) is 24.1 Å². The van der Waals surface area contributed by atoms with Crippen molar-refractivity contribution in [2.45, 2.75) is 6.18 Å². The molecule has 0 aliphatic carbocycles. The van der Waals surface area contributed by atoms with Gasteiger partial charge in [-0.3, -0.25) is 0 Å². The summed E-state index contributed by atoms with van der Waals surface area (Å²) in [5.74, 6) is -0.509. The Bertz CT molecular complexity index is 655. The van der Waals surface area contributed by atoms with E-state index in [0.29, 0.717) is 0 Å². The van der Waals surface area contributed by atoms with Crippen LogP contribution in [0.15, 0.2) is 48.5 Å². The van der Waals surface area contributed by atoms with Gasteiger partial charge in [-0.15, -0.1) is 0 Å². The summed E-state index contributed by atoms with van der Waals surface area (Å²) < 4.78 is 51.1. The second-order valence-corrected chi connectivity index (χ2v) is 4.55. The molecule has 0 unspecified atom stereocenters. The fourth-order valence-corrected chi connectivity index (χ4v) is 1.85. The Balaban J connectivity index is 2.08. The molecule has 2 N–H and O–H groups in total. The van der Waals surface area contributed by atoms with E-state index in [1.54, 1.807) is 6.07 Å². The van der Waals surface area contributed by atoms with Gasteiger partial charge in [-0.05, 0) is 42.5 Å². The molecule has 0 bridgehead atoms. The van der Waals surface area contributed by atoms with Crippen molar-refractivity contribution in [2.24, 2.45) is 0 Å². The normalized spacial score (nSPS) is 11.0. The number of para-hydroxylation sites is 1. The minimum absolute atomic E-state index is 0.000533. The first kappa shape index (κ1) is 15.2. The predicted molar refractivity (Wildman–Crippen MR) is 77.7 cm³/mol. The molecule has 0 atom stereocenters. The van der Waals surface area contributed by atoms with Crippen LogP contribution in [0.25, 0.3) is 0 Å². The molecule has 0 aromatic heterocycles. The van der Waals surface area contributed by atoms with Crippen molar-refractivity contribution in [2.75, 3.05) is 10.6 Å². The van der Waals surface area contributed by atoms with Gasteiger partial charge in [-0.25, -0.2) is 4.39 Å². The van der Waals surface area contributed by atoms with Crippen molar-refractivity contribution in [1.29, 1.82) is 0 Å². The second-order valence-electron chi connectivity index (χ2n) is 4.14. The van der Waals surface area contributed by atoms with Gasteiger partial charge in [0.05, 0.1) is 11.3 Å². The van der Waals surface area contributed by atoms with Gasteiger partial charge in [-0.1, -0.05) is 18.2 Å². The zero-order valence-corrected chi connectivity index (χ0v) is 11.4. The molecular formula is C14H10F4N2S. The quantitative estimate of drug-likeness (QED) is 0.623. The van der Waals surface area contributed by atoms with Gasteiger partial charge >= 0.3 is 6.18 Å². The van der Waals surface area contributed by atoms with E-state index in [-0.39, 0.29) is 16.5 Å². The molecule has 0 heterocycles. The Labute approximate surface area is 123 Å². The van der Waals surface area contributed by atoms with Gasteiger partial charge in [0.2, 0.25) is 0 Å². The van der Waals surface area contributed by atoms with Crippen LogP contribution < -0.4 is 10.6 Å². The molecule has 21 heavy (non-hydrogen) atoms. The Hall–Kier alpha value is -2.15. The van der Waals surface area contributed by atoms with Crippen LogP contribution >= 0.6 is 12.2 Å². The average molecular weight is 314 g/mol. The van der Waals surface area contributed by atoms with Crippen molar-refractivity contribution in [3.8, 4) is 0 Å². The molecule has 0 radical (unpaired) electrons. The minimum Gasteiger partial charge on any atom is -0.332 e. The number of nitrogens with one attached hydrogen (secondary N) is 2. The lowest BCUT2D eigenvalue weighted by Gasteiger charge is -2.13. The van der Waals surface area contributed by atoms with Crippen LogP contribution in [0.1, 0.15) is 5.56 Å². The van der Waals surface area contributed by atoms with Crippen LogP contribution in [0.3, 0.4) is 0 Å². The highest BCUT2D eigenvalue weighted by Gasteiger charge is 2.30. The maximum atomic E-state index is 13.4. The highest BCUT2D eigenvalue weighted by atomic mass is 32.1. The Morgan fingerprint density at radius 1 is 0.952 bits per heavy atom. The minimum atomic E-state index is -4.43. The van der Waals surface area contributed by atoms with E-state index >= 15 is 0 Å². The Morgan fingerprint density at radius 2 is 1.67 bits per heavy atom. The SMILES string of the molecule is Fc1ccccc1NC(=S)Nc1cccc(C(F)(F)F)c1.